The highest BCUT2D eigenvalue weighted by atomic mass is 16.5. The van der Waals surface area contributed by atoms with Crippen molar-refractivity contribution in [2.24, 2.45) is 0 Å². The van der Waals surface area contributed by atoms with Gasteiger partial charge in [-0.2, -0.15) is 0 Å². The van der Waals surface area contributed by atoms with Crippen molar-refractivity contribution in [3.05, 3.63) is 59.7 Å². The number of nitrogens with zero attached hydrogens (tertiary/aromatic N) is 1. The van der Waals surface area contributed by atoms with Crippen LogP contribution in [-0.2, 0) is 16.0 Å². The summed E-state index contributed by atoms with van der Waals surface area (Å²) in [4.78, 5) is 14.3. The van der Waals surface area contributed by atoms with Gasteiger partial charge in [0.15, 0.2) is 0 Å². The molecule has 0 N–H and O–H groups in total. The standard InChI is InChI=1S/C23H21NO3/c25-23(15-24-10-12-26-13-11-24)27-18-6-9-20-17(14-18)5-8-21-19-3-1-2-16(19)4-7-22(20)21/h1-2,4-9,14H,3,10-13,15H2. The fourth-order valence-corrected chi connectivity index (χ4v) is 4.06. The van der Waals surface area contributed by atoms with Gasteiger partial charge >= 0.3 is 5.97 Å². The number of hydrogen-bond acceptors (Lipinski definition) is 4. The molecular formula is C23H21NO3. The summed E-state index contributed by atoms with van der Waals surface area (Å²) in [6.07, 6.45) is 5.40. The van der Waals surface area contributed by atoms with Crippen LogP contribution in [0.3, 0.4) is 0 Å². The number of carbonyl (C=O) groups excluding carboxylic acids is 1. The normalized spacial score (nSPS) is 16.7. The number of benzene rings is 3. The smallest absolute Gasteiger partial charge is 0.325 e. The lowest BCUT2D eigenvalue weighted by Gasteiger charge is -2.25. The van der Waals surface area contributed by atoms with Crippen molar-refractivity contribution >= 4 is 33.6 Å². The average molecular weight is 359 g/mol. The Bertz CT molecular complexity index is 1060. The van der Waals surface area contributed by atoms with Gasteiger partial charge in [0.1, 0.15) is 5.75 Å². The second-order valence-electron chi connectivity index (χ2n) is 7.15. The summed E-state index contributed by atoms with van der Waals surface area (Å²) in [5, 5.41) is 4.84. The van der Waals surface area contributed by atoms with Crippen LogP contribution in [0.4, 0.5) is 0 Å². The van der Waals surface area contributed by atoms with Gasteiger partial charge in [0.25, 0.3) is 0 Å². The van der Waals surface area contributed by atoms with E-state index in [2.05, 4.69) is 47.4 Å². The molecule has 0 saturated carbocycles. The quantitative estimate of drug-likeness (QED) is 0.405. The molecule has 2 aliphatic rings. The maximum Gasteiger partial charge on any atom is 0.325 e. The first kappa shape index (κ1) is 16.5. The molecule has 4 nitrogen and oxygen atoms in total. The second-order valence-corrected chi connectivity index (χ2v) is 7.15. The number of hydrogen-bond donors (Lipinski definition) is 0. The Balaban J connectivity index is 1.41. The van der Waals surface area contributed by atoms with E-state index in [1.807, 2.05) is 12.1 Å². The van der Waals surface area contributed by atoms with E-state index >= 15 is 0 Å². The molecule has 0 aromatic heterocycles. The molecule has 5 rings (SSSR count). The number of rotatable bonds is 3. The topological polar surface area (TPSA) is 38.8 Å². The number of esters is 1. The molecule has 0 bridgehead atoms. The van der Waals surface area contributed by atoms with Gasteiger partial charge in [-0.15, -0.1) is 0 Å². The van der Waals surface area contributed by atoms with E-state index in [4.69, 9.17) is 9.47 Å². The molecule has 4 heteroatoms. The molecular weight excluding hydrogens is 338 g/mol. The predicted molar refractivity (Wildman–Crippen MR) is 107 cm³/mol. The third kappa shape index (κ3) is 3.11. The Morgan fingerprint density at radius 3 is 2.70 bits per heavy atom. The number of carbonyl (C=O) groups is 1. The van der Waals surface area contributed by atoms with E-state index in [1.54, 1.807) is 0 Å². The molecule has 0 amide bonds. The van der Waals surface area contributed by atoms with Gasteiger partial charge in [0.2, 0.25) is 0 Å². The van der Waals surface area contributed by atoms with Crippen molar-refractivity contribution < 1.29 is 14.3 Å². The predicted octanol–water partition coefficient (Wildman–Crippen LogP) is 3.80. The molecule has 0 radical (unpaired) electrons. The van der Waals surface area contributed by atoms with Crippen molar-refractivity contribution in [1.29, 1.82) is 0 Å². The van der Waals surface area contributed by atoms with Crippen LogP contribution >= 0.6 is 0 Å². The molecule has 0 spiro atoms. The third-order valence-corrected chi connectivity index (χ3v) is 5.44. The highest BCUT2D eigenvalue weighted by Crippen LogP contribution is 2.34. The fourth-order valence-electron chi connectivity index (χ4n) is 4.06. The lowest BCUT2D eigenvalue weighted by molar-refractivity contribution is -0.136. The molecule has 1 fully saturated rings. The van der Waals surface area contributed by atoms with Crippen LogP contribution in [0.5, 0.6) is 5.75 Å². The maximum absolute atomic E-state index is 12.2. The molecule has 0 atom stereocenters. The summed E-state index contributed by atoms with van der Waals surface area (Å²) in [6, 6.07) is 14.6. The van der Waals surface area contributed by atoms with E-state index in [0.717, 1.165) is 24.9 Å². The van der Waals surface area contributed by atoms with Crippen molar-refractivity contribution in [1.82, 2.24) is 4.90 Å². The summed E-state index contributed by atoms with van der Waals surface area (Å²) >= 11 is 0. The molecule has 1 heterocycles. The average Bonchev–Trinajstić information content (AvgIpc) is 3.17. The zero-order chi connectivity index (χ0) is 18.2. The number of morpholine rings is 1. The molecule has 1 aliphatic carbocycles. The minimum absolute atomic E-state index is 0.221. The lowest BCUT2D eigenvalue weighted by Crippen LogP contribution is -2.40. The largest absolute Gasteiger partial charge is 0.426 e. The van der Waals surface area contributed by atoms with E-state index in [1.165, 1.54) is 27.3 Å². The zero-order valence-corrected chi connectivity index (χ0v) is 15.1. The van der Waals surface area contributed by atoms with Crippen LogP contribution in [0.1, 0.15) is 11.1 Å². The van der Waals surface area contributed by atoms with Gasteiger partial charge in [0.05, 0.1) is 19.8 Å². The molecule has 0 unspecified atom stereocenters. The second kappa shape index (κ2) is 6.80. The summed E-state index contributed by atoms with van der Waals surface area (Å²) in [5.74, 6) is 0.379. The first-order valence-corrected chi connectivity index (χ1v) is 9.44. The van der Waals surface area contributed by atoms with Crippen LogP contribution < -0.4 is 4.74 Å². The highest BCUT2D eigenvalue weighted by Gasteiger charge is 2.16. The van der Waals surface area contributed by atoms with Crippen LogP contribution in [-0.4, -0.2) is 43.7 Å². The summed E-state index contributed by atoms with van der Waals surface area (Å²) in [6.45, 7) is 3.21. The molecule has 27 heavy (non-hydrogen) atoms. The maximum atomic E-state index is 12.2. The number of allylic oxidation sites excluding steroid dienone is 1. The van der Waals surface area contributed by atoms with Crippen LogP contribution in [0, 0.1) is 0 Å². The van der Waals surface area contributed by atoms with E-state index in [-0.39, 0.29) is 5.97 Å². The van der Waals surface area contributed by atoms with Crippen molar-refractivity contribution in [2.45, 2.75) is 6.42 Å². The lowest BCUT2D eigenvalue weighted by atomic mass is 9.96. The fraction of sp³-hybridized carbons (Fsp3) is 0.261. The van der Waals surface area contributed by atoms with Gasteiger partial charge in [0, 0.05) is 13.1 Å². The van der Waals surface area contributed by atoms with E-state index in [9.17, 15) is 4.79 Å². The van der Waals surface area contributed by atoms with E-state index < -0.39 is 0 Å². The van der Waals surface area contributed by atoms with E-state index in [0.29, 0.717) is 25.5 Å². The summed E-state index contributed by atoms with van der Waals surface area (Å²) in [7, 11) is 0. The van der Waals surface area contributed by atoms with Gasteiger partial charge in [-0.3, -0.25) is 9.69 Å². The van der Waals surface area contributed by atoms with Crippen molar-refractivity contribution in [3.63, 3.8) is 0 Å². The highest BCUT2D eigenvalue weighted by molar-refractivity contribution is 6.09. The molecule has 3 aromatic rings. The van der Waals surface area contributed by atoms with Gasteiger partial charge < -0.3 is 9.47 Å². The van der Waals surface area contributed by atoms with Crippen molar-refractivity contribution in [2.75, 3.05) is 32.8 Å². The molecule has 1 saturated heterocycles. The monoisotopic (exact) mass is 359 g/mol. The van der Waals surface area contributed by atoms with Crippen LogP contribution in [0.15, 0.2) is 48.5 Å². The zero-order valence-electron chi connectivity index (χ0n) is 15.1. The summed E-state index contributed by atoms with van der Waals surface area (Å²) in [5.41, 5.74) is 2.71. The van der Waals surface area contributed by atoms with Gasteiger partial charge in [-0.1, -0.05) is 42.5 Å². The van der Waals surface area contributed by atoms with Gasteiger partial charge in [-0.25, -0.2) is 0 Å². The Hall–Kier alpha value is -2.69. The molecule has 136 valence electrons. The molecule has 3 aromatic carbocycles. The Kier molecular flexibility index (Phi) is 4.15. The minimum Gasteiger partial charge on any atom is -0.426 e. The summed E-state index contributed by atoms with van der Waals surface area (Å²) < 4.78 is 10.9. The third-order valence-electron chi connectivity index (χ3n) is 5.44. The molecule has 1 aliphatic heterocycles. The van der Waals surface area contributed by atoms with Crippen molar-refractivity contribution in [3.8, 4) is 5.75 Å². The SMILES string of the molecule is O=C(CN1CCOCC1)Oc1ccc2c(ccc3c4c(ccc32)C=CC4)c1. The Labute approximate surface area is 158 Å². The van der Waals surface area contributed by atoms with Crippen LogP contribution in [0.25, 0.3) is 27.6 Å². The Morgan fingerprint density at radius 1 is 1.00 bits per heavy atom. The number of fused-ring (bicyclic) bond motifs is 5. The minimum atomic E-state index is -0.221. The Morgan fingerprint density at radius 2 is 1.81 bits per heavy atom. The first-order chi connectivity index (χ1) is 13.3. The number of ether oxygens (including phenoxy) is 2. The van der Waals surface area contributed by atoms with Gasteiger partial charge in [-0.05, 0) is 51.2 Å². The van der Waals surface area contributed by atoms with Crippen LogP contribution in [0.2, 0.25) is 0 Å². The first-order valence-electron chi connectivity index (χ1n) is 9.44.